The highest BCUT2D eigenvalue weighted by Crippen LogP contribution is 1.89. The van der Waals surface area contributed by atoms with Gasteiger partial charge in [0.05, 0.1) is 6.61 Å². The zero-order valence-electron chi connectivity index (χ0n) is 8.05. The van der Waals surface area contributed by atoms with Gasteiger partial charge < -0.3 is 10.2 Å². The Morgan fingerprint density at radius 2 is 2.17 bits per heavy atom. The van der Waals surface area contributed by atoms with E-state index < -0.39 is 0 Å². The lowest BCUT2D eigenvalue weighted by Gasteiger charge is -2.12. The minimum Gasteiger partial charge on any atom is -0.463 e. The summed E-state index contributed by atoms with van der Waals surface area (Å²) in [6.45, 7) is 3.99. The van der Waals surface area contributed by atoms with Crippen molar-refractivity contribution in [3.05, 3.63) is 11.8 Å². The quantitative estimate of drug-likeness (QED) is 0.381. The van der Waals surface area contributed by atoms with Crippen LogP contribution in [0, 0.1) is 0 Å². The van der Waals surface area contributed by atoms with E-state index in [9.17, 15) is 4.79 Å². The molecule has 0 aliphatic carbocycles. The first-order valence-corrected chi connectivity index (χ1v) is 3.85. The molecule has 0 fully saturated rings. The van der Waals surface area contributed by atoms with Crippen LogP contribution in [0.4, 0.5) is 0 Å². The van der Waals surface area contributed by atoms with Gasteiger partial charge in [-0.15, -0.1) is 0 Å². The van der Waals surface area contributed by atoms with Gasteiger partial charge in [0.1, 0.15) is 0 Å². The molecule has 0 saturated carbocycles. The maximum Gasteiger partial charge on any atom is 0.332 e. The zero-order valence-corrected chi connectivity index (χ0v) is 8.05. The van der Waals surface area contributed by atoms with Crippen LogP contribution in [0.5, 0.6) is 0 Å². The molecule has 1 N–H and O–H groups in total. The molecule has 0 amide bonds. The minimum absolute atomic E-state index is 0.315. The molecule has 70 valence electrons. The Balaban J connectivity index is 3.89. The third kappa shape index (κ3) is 5.73. The molecular formula is C8H16N2O2. The van der Waals surface area contributed by atoms with Crippen LogP contribution in [0.2, 0.25) is 0 Å². The number of carbonyl (C=O) groups excluding carboxylic acids is 1. The third-order valence-corrected chi connectivity index (χ3v) is 1.02. The maximum absolute atomic E-state index is 10.9. The average Bonchev–Trinajstić information content (AvgIpc) is 1.84. The summed E-state index contributed by atoms with van der Waals surface area (Å²) in [5.74, 6) is -0.315. The van der Waals surface area contributed by atoms with E-state index in [1.807, 2.05) is 14.1 Å². The monoisotopic (exact) mass is 172 g/mol. The minimum atomic E-state index is -0.315. The normalized spacial score (nSPS) is 11.6. The number of hydrogen-bond acceptors (Lipinski definition) is 4. The molecule has 0 aromatic rings. The number of ether oxygens (including phenoxy) is 1. The molecular weight excluding hydrogens is 156 g/mol. The molecule has 0 spiro atoms. The summed E-state index contributed by atoms with van der Waals surface area (Å²) in [4.78, 5) is 10.9. The van der Waals surface area contributed by atoms with Crippen molar-refractivity contribution in [2.75, 3.05) is 20.7 Å². The largest absolute Gasteiger partial charge is 0.463 e. The highest BCUT2D eigenvalue weighted by Gasteiger charge is 1.97. The van der Waals surface area contributed by atoms with Crippen molar-refractivity contribution >= 4 is 5.97 Å². The van der Waals surface area contributed by atoms with Crippen molar-refractivity contribution in [1.82, 2.24) is 10.4 Å². The molecule has 12 heavy (non-hydrogen) atoms. The summed E-state index contributed by atoms with van der Waals surface area (Å²) < 4.78 is 4.72. The van der Waals surface area contributed by atoms with Crippen LogP contribution in [0.1, 0.15) is 13.8 Å². The summed E-state index contributed by atoms with van der Waals surface area (Å²) in [6, 6.07) is 0. The van der Waals surface area contributed by atoms with Gasteiger partial charge in [-0.25, -0.2) is 9.80 Å². The topological polar surface area (TPSA) is 41.6 Å². The number of hydrazine groups is 1. The molecule has 0 bridgehead atoms. The molecule has 0 rings (SSSR count). The van der Waals surface area contributed by atoms with Crippen molar-refractivity contribution in [2.24, 2.45) is 0 Å². The Morgan fingerprint density at radius 3 is 2.58 bits per heavy atom. The SMILES string of the molecule is CCOC(=O)/C=C(/C)NN(C)C. The number of carbonyl (C=O) groups is 1. The first-order valence-electron chi connectivity index (χ1n) is 3.85. The fourth-order valence-corrected chi connectivity index (χ4v) is 0.746. The molecule has 0 saturated heterocycles. The molecule has 0 aromatic carbocycles. The zero-order chi connectivity index (χ0) is 9.56. The van der Waals surface area contributed by atoms with Crippen LogP contribution in [0.15, 0.2) is 11.8 Å². The summed E-state index contributed by atoms with van der Waals surface area (Å²) in [7, 11) is 3.70. The van der Waals surface area contributed by atoms with Gasteiger partial charge in [-0.05, 0) is 13.8 Å². The lowest BCUT2D eigenvalue weighted by molar-refractivity contribution is -0.137. The van der Waals surface area contributed by atoms with E-state index >= 15 is 0 Å². The summed E-state index contributed by atoms with van der Waals surface area (Å²) in [5, 5.41) is 1.76. The van der Waals surface area contributed by atoms with E-state index in [0.717, 1.165) is 5.70 Å². The molecule has 0 aliphatic rings. The highest BCUT2D eigenvalue weighted by atomic mass is 16.5. The van der Waals surface area contributed by atoms with Crippen LogP contribution >= 0.6 is 0 Å². The van der Waals surface area contributed by atoms with E-state index in [4.69, 9.17) is 4.74 Å². The summed E-state index contributed by atoms with van der Waals surface area (Å²) >= 11 is 0. The number of esters is 1. The average molecular weight is 172 g/mol. The first kappa shape index (κ1) is 11.0. The predicted molar refractivity (Wildman–Crippen MR) is 47.2 cm³/mol. The van der Waals surface area contributed by atoms with E-state index in [1.54, 1.807) is 18.9 Å². The Bertz CT molecular complexity index is 176. The lowest BCUT2D eigenvalue weighted by atomic mass is 10.4. The summed E-state index contributed by atoms with van der Waals surface area (Å²) in [5.41, 5.74) is 3.69. The van der Waals surface area contributed by atoms with E-state index in [0.29, 0.717) is 6.61 Å². The van der Waals surface area contributed by atoms with Gasteiger partial charge in [0.2, 0.25) is 0 Å². The molecule has 0 aliphatic heterocycles. The second-order valence-corrected chi connectivity index (χ2v) is 2.59. The van der Waals surface area contributed by atoms with Gasteiger partial charge in [0.25, 0.3) is 0 Å². The van der Waals surface area contributed by atoms with Crippen molar-refractivity contribution in [3.8, 4) is 0 Å². The van der Waals surface area contributed by atoms with E-state index in [2.05, 4.69) is 5.43 Å². The van der Waals surface area contributed by atoms with Gasteiger partial charge >= 0.3 is 5.97 Å². The Labute approximate surface area is 73.2 Å². The highest BCUT2D eigenvalue weighted by molar-refractivity contribution is 5.82. The van der Waals surface area contributed by atoms with Crippen LogP contribution in [0.3, 0.4) is 0 Å². The van der Waals surface area contributed by atoms with Crippen molar-refractivity contribution < 1.29 is 9.53 Å². The Kier molecular flexibility index (Phi) is 5.12. The number of allylic oxidation sites excluding steroid dienone is 1. The van der Waals surface area contributed by atoms with E-state index in [1.165, 1.54) is 6.08 Å². The van der Waals surface area contributed by atoms with Gasteiger partial charge in [-0.1, -0.05) is 0 Å². The van der Waals surface area contributed by atoms with Gasteiger partial charge in [0, 0.05) is 25.9 Å². The molecule has 0 radical (unpaired) electrons. The standard InChI is InChI=1S/C8H16N2O2/c1-5-12-8(11)6-7(2)9-10(3)4/h6,9H,5H2,1-4H3/b7-6-. The molecule has 0 heterocycles. The van der Waals surface area contributed by atoms with Crippen LogP contribution in [-0.2, 0) is 9.53 Å². The number of nitrogens with one attached hydrogen (secondary N) is 1. The smallest absolute Gasteiger partial charge is 0.332 e. The molecule has 0 atom stereocenters. The third-order valence-electron chi connectivity index (χ3n) is 1.02. The predicted octanol–water partition coefficient (Wildman–Crippen LogP) is 0.520. The van der Waals surface area contributed by atoms with Gasteiger partial charge in [-0.3, -0.25) is 0 Å². The molecule has 4 heteroatoms. The van der Waals surface area contributed by atoms with Crippen LogP contribution in [0.25, 0.3) is 0 Å². The summed E-state index contributed by atoms with van der Waals surface area (Å²) in [6.07, 6.45) is 1.42. The lowest BCUT2D eigenvalue weighted by Crippen LogP contribution is -2.29. The molecule has 4 nitrogen and oxygen atoms in total. The van der Waals surface area contributed by atoms with Gasteiger partial charge in [-0.2, -0.15) is 0 Å². The number of nitrogens with zero attached hydrogens (tertiary/aromatic N) is 1. The first-order chi connectivity index (χ1) is 5.56. The Hall–Kier alpha value is -1.03. The fraction of sp³-hybridized carbons (Fsp3) is 0.625. The second-order valence-electron chi connectivity index (χ2n) is 2.59. The fourth-order valence-electron chi connectivity index (χ4n) is 0.746. The van der Waals surface area contributed by atoms with Crippen LogP contribution < -0.4 is 5.43 Å². The molecule has 0 aromatic heterocycles. The molecule has 0 unspecified atom stereocenters. The van der Waals surface area contributed by atoms with Crippen LogP contribution in [-0.4, -0.2) is 31.7 Å². The van der Waals surface area contributed by atoms with Gasteiger partial charge in [0.15, 0.2) is 0 Å². The van der Waals surface area contributed by atoms with Crippen molar-refractivity contribution in [3.63, 3.8) is 0 Å². The maximum atomic E-state index is 10.9. The van der Waals surface area contributed by atoms with Crippen molar-refractivity contribution in [1.29, 1.82) is 0 Å². The van der Waals surface area contributed by atoms with Crippen molar-refractivity contribution in [2.45, 2.75) is 13.8 Å². The number of hydrogen-bond donors (Lipinski definition) is 1. The Morgan fingerprint density at radius 1 is 1.58 bits per heavy atom. The van der Waals surface area contributed by atoms with E-state index in [-0.39, 0.29) is 5.97 Å². The second kappa shape index (κ2) is 5.60. The number of rotatable bonds is 4.